The molecule has 2 heterocycles. The van der Waals surface area contributed by atoms with E-state index in [4.69, 9.17) is 0 Å². The lowest BCUT2D eigenvalue weighted by Gasteiger charge is -2.33. The molecule has 1 aromatic heterocycles. The number of carbonyl (C=O) groups excluding carboxylic acids is 3. The third-order valence-electron chi connectivity index (χ3n) is 6.44. The van der Waals surface area contributed by atoms with Gasteiger partial charge in [0.25, 0.3) is 17.4 Å². The summed E-state index contributed by atoms with van der Waals surface area (Å²) in [7, 11) is 0. The summed E-state index contributed by atoms with van der Waals surface area (Å²) in [5.41, 5.74) is 6.05. The molecule has 1 atom stereocenters. The van der Waals surface area contributed by atoms with E-state index in [2.05, 4.69) is 21.2 Å². The highest BCUT2D eigenvalue weighted by atomic mass is 16.2. The third-order valence-corrected chi connectivity index (χ3v) is 6.44. The molecule has 174 valence electrons. The Morgan fingerprint density at radius 3 is 2.71 bits per heavy atom. The van der Waals surface area contributed by atoms with Crippen molar-refractivity contribution < 1.29 is 14.4 Å². The number of hydrogen-bond donors (Lipinski definition) is 3. The largest absolute Gasteiger partial charge is 0.325 e. The number of urea groups is 1. The van der Waals surface area contributed by atoms with Crippen molar-refractivity contribution in [3.63, 3.8) is 0 Å². The molecule has 0 bridgehead atoms. The Morgan fingerprint density at radius 2 is 1.88 bits per heavy atom. The number of aromatic nitrogens is 2. The van der Waals surface area contributed by atoms with Crippen LogP contribution in [0.15, 0.2) is 53.3 Å². The Hall–Kier alpha value is -4.21. The first kappa shape index (κ1) is 21.6. The van der Waals surface area contributed by atoms with Crippen LogP contribution in [0.25, 0.3) is 10.9 Å². The van der Waals surface area contributed by atoms with Crippen molar-refractivity contribution in [1.82, 2.24) is 25.2 Å². The second-order valence-corrected chi connectivity index (χ2v) is 8.41. The van der Waals surface area contributed by atoms with Gasteiger partial charge >= 0.3 is 6.03 Å². The second-order valence-electron chi connectivity index (χ2n) is 8.41. The van der Waals surface area contributed by atoms with Crippen LogP contribution < -0.4 is 21.7 Å². The molecule has 4 amide bonds. The standard InChI is InChI=1S/C24H24N6O4/c1-2-29-20(32)16-10-4-6-12-18(16)25-22(29)28-27-19(31)14-30-21(33)24(26-23(30)34)13-7-9-15-8-3-5-11-17(15)24/h3-6,8,10-12H,2,7,9,13-14H2,1H3,(H,25,28)(H,26,34)(H,27,31). The molecule has 3 aromatic rings. The number of benzene rings is 2. The first-order valence-corrected chi connectivity index (χ1v) is 11.2. The van der Waals surface area contributed by atoms with Crippen LogP contribution in [0.3, 0.4) is 0 Å². The zero-order valence-corrected chi connectivity index (χ0v) is 18.6. The molecule has 5 rings (SSSR count). The molecule has 34 heavy (non-hydrogen) atoms. The molecule has 2 aromatic carbocycles. The van der Waals surface area contributed by atoms with E-state index in [1.165, 1.54) is 4.57 Å². The Labute approximate surface area is 194 Å². The molecule has 1 unspecified atom stereocenters. The third kappa shape index (κ3) is 3.38. The van der Waals surface area contributed by atoms with E-state index in [9.17, 15) is 19.2 Å². The van der Waals surface area contributed by atoms with Crippen LogP contribution in [0, 0.1) is 0 Å². The van der Waals surface area contributed by atoms with Gasteiger partial charge in [0.05, 0.1) is 10.9 Å². The maximum Gasteiger partial charge on any atom is 0.325 e. The summed E-state index contributed by atoms with van der Waals surface area (Å²) < 4.78 is 1.39. The molecule has 1 fully saturated rings. The van der Waals surface area contributed by atoms with Gasteiger partial charge in [-0.2, -0.15) is 0 Å². The van der Waals surface area contributed by atoms with Crippen molar-refractivity contribution in [1.29, 1.82) is 0 Å². The van der Waals surface area contributed by atoms with Gasteiger partial charge in [-0.3, -0.25) is 34.7 Å². The minimum atomic E-state index is -1.14. The summed E-state index contributed by atoms with van der Waals surface area (Å²) in [5, 5.41) is 3.30. The molecule has 1 spiro atoms. The maximum absolute atomic E-state index is 13.3. The Balaban J connectivity index is 1.33. The lowest BCUT2D eigenvalue weighted by atomic mass is 9.76. The molecule has 10 nitrogen and oxygen atoms in total. The highest BCUT2D eigenvalue weighted by Crippen LogP contribution is 2.39. The van der Waals surface area contributed by atoms with Gasteiger partial charge in [-0.25, -0.2) is 9.78 Å². The fourth-order valence-electron chi connectivity index (χ4n) is 4.82. The summed E-state index contributed by atoms with van der Waals surface area (Å²) in [6, 6.07) is 13.9. The van der Waals surface area contributed by atoms with E-state index < -0.39 is 29.9 Å². The number of carbonyl (C=O) groups is 3. The number of fused-ring (bicyclic) bond motifs is 3. The number of hydrogen-bond acceptors (Lipinski definition) is 6. The van der Waals surface area contributed by atoms with Gasteiger partial charge < -0.3 is 5.32 Å². The lowest BCUT2D eigenvalue weighted by molar-refractivity contribution is -0.135. The first-order valence-electron chi connectivity index (χ1n) is 11.2. The second kappa shape index (κ2) is 8.29. The molecular weight excluding hydrogens is 436 g/mol. The van der Waals surface area contributed by atoms with Crippen molar-refractivity contribution in [2.75, 3.05) is 12.0 Å². The average molecular weight is 460 g/mol. The zero-order chi connectivity index (χ0) is 23.9. The number of aryl methyl sites for hydroxylation is 1. The predicted octanol–water partition coefficient (Wildman–Crippen LogP) is 1.64. The molecule has 0 radical (unpaired) electrons. The van der Waals surface area contributed by atoms with Gasteiger partial charge in [-0.15, -0.1) is 0 Å². The molecule has 10 heteroatoms. The van der Waals surface area contributed by atoms with Gasteiger partial charge in [-0.05, 0) is 49.4 Å². The van der Waals surface area contributed by atoms with Crippen LogP contribution in [0.2, 0.25) is 0 Å². The Bertz CT molecular complexity index is 1380. The van der Waals surface area contributed by atoms with Gasteiger partial charge in [0.2, 0.25) is 5.95 Å². The average Bonchev–Trinajstić information content (AvgIpc) is 3.07. The number of nitrogens with zero attached hydrogens (tertiary/aromatic N) is 3. The first-order chi connectivity index (χ1) is 16.4. The monoisotopic (exact) mass is 460 g/mol. The van der Waals surface area contributed by atoms with Crippen LogP contribution in [-0.4, -0.2) is 38.8 Å². The molecular formula is C24H24N6O4. The molecule has 1 aliphatic carbocycles. The van der Waals surface area contributed by atoms with Crippen LogP contribution in [-0.2, 0) is 28.1 Å². The number of para-hydroxylation sites is 1. The Morgan fingerprint density at radius 1 is 1.12 bits per heavy atom. The Kier molecular flexibility index (Phi) is 5.27. The van der Waals surface area contributed by atoms with Crippen LogP contribution in [0.4, 0.5) is 10.7 Å². The van der Waals surface area contributed by atoms with E-state index in [1.54, 1.807) is 31.2 Å². The van der Waals surface area contributed by atoms with E-state index in [0.717, 1.165) is 28.9 Å². The molecule has 0 saturated carbocycles. The fourth-order valence-corrected chi connectivity index (χ4v) is 4.82. The molecule has 2 aliphatic rings. The van der Waals surface area contributed by atoms with Gasteiger partial charge in [0, 0.05) is 6.54 Å². The topological polar surface area (TPSA) is 125 Å². The van der Waals surface area contributed by atoms with E-state index >= 15 is 0 Å². The zero-order valence-electron chi connectivity index (χ0n) is 18.6. The van der Waals surface area contributed by atoms with Gasteiger partial charge in [0.1, 0.15) is 12.1 Å². The fraction of sp³-hybridized carbons (Fsp3) is 0.292. The summed E-state index contributed by atoms with van der Waals surface area (Å²) in [4.78, 5) is 56.8. The lowest BCUT2D eigenvalue weighted by Crippen LogP contribution is -2.47. The van der Waals surface area contributed by atoms with E-state index in [0.29, 0.717) is 23.9 Å². The number of amides is 4. The summed E-state index contributed by atoms with van der Waals surface area (Å²) in [5.74, 6) is -0.891. The number of imide groups is 1. The minimum absolute atomic E-state index is 0.162. The number of rotatable bonds is 5. The highest BCUT2D eigenvalue weighted by molar-refractivity contribution is 6.09. The molecule has 1 saturated heterocycles. The van der Waals surface area contributed by atoms with Gasteiger partial charge in [0.15, 0.2) is 0 Å². The number of hydrazine groups is 1. The van der Waals surface area contributed by atoms with E-state index in [-0.39, 0.29) is 11.5 Å². The summed E-state index contributed by atoms with van der Waals surface area (Å²) in [6.07, 6.45) is 2.07. The van der Waals surface area contributed by atoms with Crippen molar-refractivity contribution in [3.05, 3.63) is 70.0 Å². The van der Waals surface area contributed by atoms with E-state index in [1.807, 2.05) is 24.3 Å². The van der Waals surface area contributed by atoms with Crippen LogP contribution in [0.1, 0.15) is 30.9 Å². The summed E-state index contributed by atoms with van der Waals surface area (Å²) >= 11 is 0. The normalized spacial score (nSPS) is 19.3. The number of nitrogens with one attached hydrogen (secondary N) is 3. The van der Waals surface area contributed by atoms with Gasteiger partial charge in [-0.1, -0.05) is 36.4 Å². The molecule has 3 N–H and O–H groups in total. The van der Waals surface area contributed by atoms with Crippen molar-refractivity contribution >= 4 is 34.7 Å². The van der Waals surface area contributed by atoms with Crippen molar-refractivity contribution in [3.8, 4) is 0 Å². The van der Waals surface area contributed by atoms with Crippen LogP contribution >= 0.6 is 0 Å². The predicted molar refractivity (Wildman–Crippen MR) is 125 cm³/mol. The number of anilines is 1. The summed E-state index contributed by atoms with van der Waals surface area (Å²) in [6.45, 7) is 1.66. The SMILES string of the molecule is CCn1c(NNC(=O)CN2C(=O)NC3(CCCc4ccccc43)C2=O)nc2ccccc2c1=O. The van der Waals surface area contributed by atoms with Crippen LogP contribution in [0.5, 0.6) is 0 Å². The maximum atomic E-state index is 13.3. The molecule has 1 aliphatic heterocycles. The van der Waals surface area contributed by atoms with Crippen molar-refractivity contribution in [2.45, 2.75) is 38.3 Å². The minimum Gasteiger partial charge on any atom is -0.319 e. The smallest absolute Gasteiger partial charge is 0.319 e. The van der Waals surface area contributed by atoms with Crippen molar-refractivity contribution in [2.24, 2.45) is 0 Å². The highest BCUT2D eigenvalue weighted by Gasteiger charge is 2.54. The quantitative estimate of drug-likeness (QED) is 0.393.